The van der Waals surface area contributed by atoms with Crippen LogP contribution in [0.15, 0.2) is 52.1 Å². The van der Waals surface area contributed by atoms with E-state index in [-0.39, 0.29) is 5.91 Å². The summed E-state index contributed by atoms with van der Waals surface area (Å²) in [6.45, 7) is 3.43. The summed E-state index contributed by atoms with van der Waals surface area (Å²) in [4.78, 5) is 19.1. The van der Waals surface area contributed by atoms with Crippen LogP contribution in [-0.4, -0.2) is 26.1 Å². The van der Waals surface area contributed by atoms with Gasteiger partial charge >= 0.3 is 0 Å². The Labute approximate surface area is 146 Å². The van der Waals surface area contributed by atoms with E-state index in [0.29, 0.717) is 12.3 Å². The average Bonchev–Trinajstić information content (AvgIpc) is 3.29. The maximum atomic E-state index is 12.8. The molecule has 1 aliphatic rings. The second-order valence-corrected chi connectivity index (χ2v) is 6.73. The molecule has 5 nitrogen and oxygen atoms in total. The Morgan fingerprint density at radius 3 is 3.08 bits per heavy atom. The fourth-order valence-electron chi connectivity index (χ4n) is 2.86. The molecular formula is C18H23N3O2S. The number of aromatic nitrogens is 2. The summed E-state index contributed by atoms with van der Waals surface area (Å²) < 4.78 is 7.50. The quantitative estimate of drug-likeness (QED) is 0.710. The normalized spacial score (nSPS) is 14.5. The highest BCUT2D eigenvalue weighted by Gasteiger charge is 2.21. The van der Waals surface area contributed by atoms with Gasteiger partial charge in [0.2, 0.25) is 5.91 Å². The average molecular weight is 345 g/mol. The molecule has 1 aliphatic carbocycles. The number of carbonyl (C=O) groups is 1. The van der Waals surface area contributed by atoms with Crippen LogP contribution in [0.5, 0.6) is 0 Å². The molecule has 6 heteroatoms. The molecule has 3 rings (SSSR count). The minimum Gasteiger partial charge on any atom is -0.467 e. The molecule has 0 fully saturated rings. The maximum absolute atomic E-state index is 12.8. The number of allylic oxidation sites excluding steroid dienone is 2. The predicted octanol–water partition coefficient (Wildman–Crippen LogP) is 4.07. The smallest absolute Gasteiger partial charge is 0.237 e. The van der Waals surface area contributed by atoms with Gasteiger partial charge in [0.25, 0.3) is 0 Å². The van der Waals surface area contributed by atoms with Crippen molar-refractivity contribution in [2.24, 2.45) is 0 Å². The van der Waals surface area contributed by atoms with Gasteiger partial charge in [-0.2, -0.15) is 0 Å². The molecular weight excluding hydrogens is 322 g/mol. The molecule has 0 aromatic carbocycles. The molecule has 2 aromatic rings. The van der Waals surface area contributed by atoms with Crippen LogP contribution >= 0.6 is 11.8 Å². The number of rotatable bonds is 7. The summed E-state index contributed by atoms with van der Waals surface area (Å²) >= 11 is 1.49. The first-order chi connectivity index (χ1) is 11.8. The second kappa shape index (κ2) is 8.24. The number of imidazole rings is 1. The van der Waals surface area contributed by atoms with Crippen molar-refractivity contribution >= 4 is 17.7 Å². The number of thioether (sulfide) groups is 1. The van der Waals surface area contributed by atoms with Gasteiger partial charge < -0.3 is 13.9 Å². The standard InChI is InChI=1S/C18H23N3O2S/c1-2-20-11-10-19-18(20)24-14-17(22)21(13-16-9-6-12-23-16)15-7-4-3-5-8-15/h6-7,9-12H,2-5,8,13-14H2,1H3. The number of hydrogen-bond donors (Lipinski definition) is 0. The van der Waals surface area contributed by atoms with Crippen molar-refractivity contribution in [3.05, 3.63) is 48.3 Å². The molecule has 1 amide bonds. The van der Waals surface area contributed by atoms with E-state index in [4.69, 9.17) is 4.42 Å². The van der Waals surface area contributed by atoms with Crippen molar-refractivity contribution in [2.75, 3.05) is 5.75 Å². The summed E-state index contributed by atoms with van der Waals surface area (Å²) in [6, 6.07) is 3.78. The molecule has 0 unspecified atom stereocenters. The molecule has 0 atom stereocenters. The van der Waals surface area contributed by atoms with Gasteiger partial charge in [0.15, 0.2) is 5.16 Å². The van der Waals surface area contributed by atoms with Crippen LogP contribution < -0.4 is 0 Å². The summed E-state index contributed by atoms with van der Waals surface area (Å²) in [6.07, 6.45) is 11.9. The van der Waals surface area contributed by atoms with Crippen LogP contribution in [0.25, 0.3) is 0 Å². The Kier molecular flexibility index (Phi) is 5.80. The van der Waals surface area contributed by atoms with Crippen molar-refractivity contribution in [1.29, 1.82) is 0 Å². The maximum Gasteiger partial charge on any atom is 0.237 e. The van der Waals surface area contributed by atoms with Crippen molar-refractivity contribution in [2.45, 2.75) is 50.9 Å². The van der Waals surface area contributed by atoms with Crippen LogP contribution in [0, 0.1) is 0 Å². The Balaban J connectivity index is 1.69. The van der Waals surface area contributed by atoms with Crippen molar-refractivity contribution in [3.8, 4) is 0 Å². The lowest BCUT2D eigenvalue weighted by Gasteiger charge is -2.27. The first-order valence-electron chi connectivity index (χ1n) is 8.43. The highest BCUT2D eigenvalue weighted by Crippen LogP contribution is 2.25. The fourth-order valence-corrected chi connectivity index (χ4v) is 3.75. The van der Waals surface area contributed by atoms with E-state index >= 15 is 0 Å². The van der Waals surface area contributed by atoms with E-state index in [2.05, 4.69) is 22.6 Å². The molecule has 2 aromatic heterocycles. The monoisotopic (exact) mass is 345 g/mol. The number of amides is 1. The van der Waals surface area contributed by atoms with Gasteiger partial charge in [-0.05, 0) is 44.7 Å². The number of hydrogen-bond acceptors (Lipinski definition) is 4. The van der Waals surface area contributed by atoms with Gasteiger partial charge in [-0.1, -0.05) is 17.8 Å². The Hall–Kier alpha value is -1.95. The van der Waals surface area contributed by atoms with Gasteiger partial charge in [0.1, 0.15) is 5.76 Å². The van der Waals surface area contributed by atoms with Crippen LogP contribution in [-0.2, 0) is 17.9 Å². The first-order valence-corrected chi connectivity index (χ1v) is 9.42. The molecule has 0 spiro atoms. The molecule has 0 aliphatic heterocycles. The molecule has 0 N–H and O–H groups in total. The largest absolute Gasteiger partial charge is 0.467 e. The minimum atomic E-state index is 0.107. The van der Waals surface area contributed by atoms with Crippen LogP contribution in [0.4, 0.5) is 0 Å². The molecule has 128 valence electrons. The number of nitrogens with zero attached hydrogens (tertiary/aromatic N) is 3. The summed E-state index contributed by atoms with van der Waals surface area (Å²) in [5, 5.41) is 0.890. The third-order valence-corrected chi connectivity index (χ3v) is 5.14. The highest BCUT2D eigenvalue weighted by molar-refractivity contribution is 7.99. The van der Waals surface area contributed by atoms with E-state index in [1.165, 1.54) is 18.2 Å². The van der Waals surface area contributed by atoms with Gasteiger partial charge in [-0.15, -0.1) is 0 Å². The van der Waals surface area contributed by atoms with E-state index in [0.717, 1.165) is 42.4 Å². The van der Waals surface area contributed by atoms with Gasteiger partial charge in [0, 0.05) is 24.6 Å². The number of carbonyl (C=O) groups excluding carboxylic acids is 1. The van der Waals surface area contributed by atoms with E-state index in [9.17, 15) is 4.79 Å². The van der Waals surface area contributed by atoms with E-state index < -0.39 is 0 Å². The molecule has 0 saturated heterocycles. The highest BCUT2D eigenvalue weighted by atomic mass is 32.2. The molecule has 24 heavy (non-hydrogen) atoms. The van der Waals surface area contributed by atoms with Crippen LogP contribution in [0.2, 0.25) is 0 Å². The second-order valence-electron chi connectivity index (χ2n) is 5.78. The van der Waals surface area contributed by atoms with E-state index in [1.54, 1.807) is 12.5 Å². The Bertz CT molecular complexity index is 691. The lowest BCUT2D eigenvalue weighted by molar-refractivity contribution is -0.127. The number of aryl methyl sites for hydroxylation is 1. The third-order valence-electron chi connectivity index (χ3n) is 4.15. The molecule has 0 bridgehead atoms. The van der Waals surface area contributed by atoms with Crippen molar-refractivity contribution in [1.82, 2.24) is 14.5 Å². The minimum absolute atomic E-state index is 0.107. The molecule has 2 heterocycles. The summed E-state index contributed by atoms with van der Waals surface area (Å²) in [7, 11) is 0. The lowest BCUT2D eigenvalue weighted by Crippen LogP contribution is -2.32. The SMILES string of the molecule is CCn1ccnc1SCC(=O)N(Cc1ccco1)C1=CCCCC1. The van der Waals surface area contributed by atoms with Gasteiger partial charge in [-0.3, -0.25) is 4.79 Å². The predicted molar refractivity (Wildman–Crippen MR) is 94.4 cm³/mol. The number of furan rings is 1. The van der Waals surface area contributed by atoms with Crippen molar-refractivity contribution < 1.29 is 9.21 Å². The lowest BCUT2D eigenvalue weighted by atomic mass is 10.0. The molecule has 0 radical (unpaired) electrons. The summed E-state index contributed by atoms with van der Waals surface area (Å²) in [5.74, 6) is 1.31. The van der Waals surface area contributed by atoms with Crippen LogP contribution in [0.1, 0.15) is 38.4 Å². The Morgan fingerprint density at radius 1 is 1.46 bits per heavy atom. The first kappa shape index (κ1) is 16.9. The fraction of sp³-hybridized carbons (Fsp3) is 0.444. The van der Waals surface area contributed by atoms with Crippen LogP contribution in [0.3, 0.4) is 0 Å². The topological polar surface area (TPSA) is 51.3 Å². The third kappa shape index (κ3) is 4.12. The van der Waals surface area contributed by atoms with Gasteiger partial charge in [0.05, 0.1) is 18.6 Å². The Morgan fingerprint density at radius 2 is 2.38 bits per heavy atom. The zero-order valence-electron chi connectivity index (χ0n) is 14.0. The van der Waals surface area contributed by atoms with Crippen molar-refractivity contribution in [3.63, 3.8) is 0 Å². The zero-order chi connectivity index (χ0) is 16.8. The zero-order valence-corrected chi connectivity index (χ0v) is 14.8. The van der Waals surface area contributed by atoms with E-state index in [1.807, 2.05) is 23.2 Å². The molecule has 0 saturated carbocycles. The van der Waals surface area contributed by atoms with Gasteiger partial charge in [-0.25, -0.2) is 4.98 Å². The summed E-state index contributed by atoms with van der Waals surface area (Å²) in [5.41, 5.74) is 1.13.